The lowest BCUT2D eigenvalue weighted by atomic mass is 10.1. The molecule has 1 N–H and O–H groups in total. The normalized spacial score (nSPS) is 12.1. The van der Waals surface area contributed by atoms with Crippen molar-refractivity contribution in [1.82, 2.24) is 10.2 Å². The number of sulfonamides is 1. The van der Waals surface area contributed by atoms with E-state index in [2.05, 4.69) is 5.32 Å². The van der Waals surface area contributed by atoms with Gasteiger partial charge in [0.15, 0.2) is 0 Å². The molecule has 0 spiro atoms. The molecule has 0 saturated heterocycles. The minimum atomic E-state index is -4.22. The fourth-order valence-electron chi connectivity index (χ4n) is 3.86. The molecule has 3 rings (SSSR count). The first-order valence-electron chi connectivity index (χ1n) is 12.1. The van der Waals surface area contributed by atoms with E-state index in [4.69, 9.17) is 16.3 Å². The lowest BCUT2D eigenvalue weighted by Crippen LogP contribution is -2.52. The maximum atomic E-state index is 13.9. The van der Waals surface area contributed by atoms with Crippen molar-refractivity contribution in [3.8, 4) is 5.75 Å². The van der Waals surface area contributed by atoms with E-state index in [-0.39, 0.29) is 39.8 Å². The maximum absolute atomic E-state index is 13.9. The van der Waals surface area contributed by atoms with Crippen LogP contribution in [-0.4, -0.2) is 50.9 Å². The molecule has 3 aromatic carbocycles. The Hall–Kier alpha value is -3.56. The number of nitrogens with one attached hydrogen (secondary N) is 1. The summed E-state index contributed by atoms with van der Waals surface area (Å²) >= 11 is 6.24. The number of carbonyl (C=O) groups excluding carboxylic acids is 2. The van der Waals surface area contributed by atoms with Crippen LogP contribution in [0.15, 0.2) is 83.8 Å². The van der Waals surface area contributed by atoms with Gasteiger partial charge in [0.05, 0.1) is 17.7 Å². The van der Waals surface area contributed by atoms with Gasteiger partial charge >= 0.3 is 0 Å². The molecule has 2 amide bonds. The molecule has 0 saturated carbocycles. The highest BCUT2D eigenvalue weighted by molar-refractivity contribution is 7.92. The molecule has 0 radical (unpaired) electrons. The second-order valence-electron chi connectivity index (χ2n) is 8.99. The molecule has 0 fully saturated rings. The van der Waals surface area contributed by atoms with Crippen molar-refractivity contribution >= 4 is 39.1 Å². The largest absolute Gasteiger partial charge is 0.495 e. The molecular formula is C28H32ClN3O5S. The Balaban J connectivity index is 2.08. The van der Waals surface area contributed by atoms with Gasteiger partial charge < -0.3 is 15.0 Å². The highest BCUT2D eigenvalue weighted by atomic mass is 35.5. The zero-order valence-electron chi connectivity index (χ0n) is 21.8. The topological polar surface area (TPSA) is 96.0 Å². The molecule has 0 aliphatic heterocycles. The molecule has 8 nitrogen and oxygen atoms in total. The van der Waals surface area contributed by atoms with E-state index in [1.807, 2.05) is 44.2 Å². The molecular weight excluding hydrogens is 526 g/mol. The Bertz CT molecular complexity index is 1350. The number of rotatable bonds is 11. The number of anilines is 1. The van der Waals surface area contributed by atoms with Gasteiger partial charge in [0, 0.05) is 17.6 Å². The van der Waals surface area contributed by atoms with E-state index in [1.54, 1.807) is 31.2 Å². The maximum Gasteiger partial charge on any atom is 0.264 e. The summed E-state index contributed by atoms with van der Waals surface area (Å²) in [6, 6.07) is 20.5. The van der Waals surface area contributed by atoms with E-state index in [1.165, 1.54) is 36.3 Å². The second kappa shape index (κ2) is 12.8. The van der Waals surface area contributed by atoms with Crippen molar-refractivity contribution in [3.05, 3.63) is 89.4 Å². The number of hydrogen-bond acceptors (Lipinski definition) is 5. The monoisotopic (exact) mass is 557 g/mol. The van der Waals surface area contributed by atoms with E-state index in [0.29, 0.717) is 0 Å². The fourth-order valence-corrected chi connectivity index (χ4v) is 5.46. The summed E-state index contributed by atoms with van der Waals surface area (Å²) < 4.78 is 34.1. The second-order valence-corrected chi connectivity index (χ2v) is 11.3. The Morgan fingerprint density at radius 2 is 1.55 bits per heavy atom. The van der Waals surface area contributed by atoms with Crippen LogP contribution in [0.25, 0.3) is 0 Å². The van der Waals surface area contributed by atoms with Crippen LogP contribution in [-0.2, 0) is 26.2 Å². The minimum absolute atomic E-state index is 0.00460. The summed E-state index contributed by atoms with van der Waals surface area (Å²) in [6.45, 7) is 4.80. The zero-order valence-corrected chi connectivity index (χ0v) is 23.4. The van der Waals surface area contributed by atoms with Gasteiger partial charge in [-0.1, -0.05) is 60.1 Å². The quantitative estimate of drug-likeness (QED) is 0.375. The first-order valence-corrected chi connectivity index (χ1v) is 13.9. The van der Waals surface area contributed by atoms with Crippen molar-refractivity contribution < 1.29 is 22.7 Å². The van der Waals surface area contributed by atoms with Gasteiger partial charge in [-0.05, 0) is 56.7 Å². The average Bonchev–Trinajstić information content (AvgIpc) is 2.90. The molecule has 10 heteroatoms. The average molecular weight is 558 g/mol. The highest BCUT2D eigenvalue weighted by Gasteiger charge is 2.34. The lowest BCUT2D eigenvalue weighted by Gasteiger charge is -2.32. The van der Waals surface area contributed by atoms with Gasteiger partial charge in [0.1, 0.15) is 18.3 Å². The van der Waals surface area contributed by atoms with E-state index >= 15 is 0 Å². The van der Waals surface area contributed by atoms with Crippen LogP contribution in [0.4, 0.5) is 5.69 Å². The van der Waals surface area contributed by atoms with Gasteiger partial charge in [-0.2, -0.15) is 0 Å². The summed E-state index contributed by atoms with van der Waals surface area (Å²) in [6.07, 6.45) is 0. The van der Waals surface area contributed by atoms with E-state index in [0.717, 1.165) is 9.87 Å². The van der Waals surface area contributed by atoms with Crippen LogP contribution in [0.2, 0.25) is 5.02 Å². The predicted octanol–water partition coefficient (Wildman–Crippen LogP) is 4.49. The molecule has 0 heterocycles. The lowest BCUT2D eigenvalue weighted by molar-refractivity contribution is -0.139. The Morgan fingerprint density at radius 1 is 0.947 bits per heavy atom. The van der Waals surface area contributed by atoms with Crippen LogP contribution in [0.3, 0.4) is 0 Å². The van der Waals surface area contributed by atoms with Gasteiger partial charge in [-0.25, -0.2) is 8.42 Å². The molecule has 0 bridgehead atoms. The predicted molar refractivity (Wildman–Crippen MR) is 149 cm³/mol. The number of amides is 2. The number of nitrogens with zero attached hydrogens (tertiary/aromatic N) is 2. The van der Waals surface area contributed by atoms with Gasteiger partial charge in [0.25, 0.3) is 10.0 Å². The highest BCUT2D eigenvalue weighted by Crippen LogP contribution is 2.35. The number of carbonyl (C=O) groups is 2. The Morgan fingerprint density at radius 3 is 2.13 bits per heavy atom. The van der Waals surface area contributed by atoms with E-state index < -0.39 is 28.5 Å². The smallest absolute Gasteiger partial charge is 0.264 e. The third-order valence-corrected chi connectivity index (χ3v) is 7.82. The fraction of sp³-hybridized carbons (Fsp3) is 0.286. The van der Waals surface area contributed by atoms with Crippen molar-refractivity contribution in [2.45, 2.75) is 44.3 Å². The number of halogens is 1. The Labute approximate surface area is 229 Å². The van der Waals surface area contributed by atoms with Crippen molar-refractivity contribution in [1.29, 1.82) is 0 Å². The number of benzene rings is 3. The van der Waals surface area contributed by atoms with Crippen molar-refractivity contribution in [2.24, 2.45) is 0 Å². The van der Waals surface area contributed by atoms with Gasteiger partial charge in [-0.15, -0.1) is 0 Å². The number of methoxy groups -OCH3 is 1. The summed E-state index contributed by atoms with van der Waals surface area (Å²) in [7, 11) is -2.82. The SMILES string of the molecule is COc1ccc(Cl)cc1N(CC(=O)N(Cc1ccccc1)[C@@H](C)C(=O)NC(C)C)S(=O)(=O)c1ccccc1. The summed E-state index contributed by atoms with van der Waals surface area (Å²) in [4.78, 5) is 28.2. The zero-order chi connectivity index (χ0) is 27.9. The van der Waals surface area contributed by atoms with Crippen LogP contribution < -0.4 is 14.4 Å². The molecule has 0 aliphatic rings. The molecule has 1 atom stereocenters. The van der Waals surface area contributed by atoms with Crippen LogP contribution in [0, 0.1) is 0 Å². The summed E-state index contributed by atoms with van der Waals surface area (Å²) in [5, 5.41) is 3.10. The first-order chi connectivity index (χ1) is 18.0. The summed E-state index contributed by atoms with van der Waals surface area (Å²) in [5.74, 6) is -0.689. The molecule has 0 unspecified atom stereocenters. The van der Waals surface area contributed by atoms with Crippen LogP contribution >= 0.6 is 11.6 Å². The van der Waals surface area contributed by atoms with Crippen molar-refractivity contribution in [3.63, 3.8) is 0 Å². The molecule has 0 aromatic heterocycles. The van der Waals surface area contributed by atoms with Crippen LogP contribution in [0.5, 0.6) is 5.75 Å². The molecule has 38 heavy (non-hydrogen) atoms. The minimum Gasteiger partial charge on any atom is -0.495 e. The number of hydrogen-bond donors (Lipinski definition) is 1. The standard InChI is InChI=1S/C28H32ClN3O5S/c1-20(2)30-28(34)21(3)31(18-22-11-7-5-8-12-22)27(33)19-32(25-17-23(29)15-16-26(25)37-4)38(35,36)24-13-9-6-10-14-24/h5-17,20-21H,18-19H2,1-4H3,(H,30,34)/t21-/m0/s1. The Kier molecular flexibility index (Phi) is 9.77. The van der Waals surface area contributed by atoms with E-state index in [9.17, 15) is 18.0 Å². The molecule has 202 valence electrons. The van der Waals surface area contributed by atoms with Gasteiger partial charge in [-0.3, -0.25) is 13.9 Å². The number of ether oxygens (including phenoxy) is 1. The van der Waals surface area contributed by atoms with Gasteiger partial charge in [0.2, 0.25) is 11.8 Å². The van der Waals surface area contributed by atoms with Crippen molar-refractivity contribution in [2.75, 3.05) is 18.0 Å². The van der Waals surface area contributed by atoms with Crippen LogP contribution in [0.1, 0.15) is 26.3 Å². The molecule has 3 aromatic rings. The first kappa shape index (κ1) is 29.0. The summed E-state index contributed by atoms with van der Waals surface area (Å²) in [5.41, 5.74) is 0.902. The third kappa shape index (κ3) is 7.05. The third-order valence-electron chi connectivity index (χ3n) is 5.81. The molecule has 0 aliphatic carbocycles.